The van der Waals surface area contributed by atoms with Crippen LogP contribution in [0.15, 0.2) is 30.3 Å². The van der Waals surface area contributed by atoms with Crippen molar-refractivity contribution in [1.29, 1.82) is 0 Å². The number of rotatable bonds is 5. The maximum atomic E-state index is 11.5. The first-order chi connectivity index (χ1) is 6.68. The van der Waals surface area contributed by atoms with Crippen LogP contribution in [0, 0.1) is 0 Å². The van der Waals surface area contributed by atoms with E-state index < -0.39 is 21.6 Å². The molecule has 0 bridgehead atoms. The van der Waals surface area contributed by atoms with Crippen LogP contribution in [0.4, 0.5) is 0 Å². The maximum Gasteiger partial charge on any atom is 0.0485 e. The third kappa shape index (κ3) is 4.67. The van der Waals surface area contributed by atoms with Crippen LogP contribution >= 0.6 is 0 Å². The van der Waals surface area contributed by atoms with Gasteiger partial charge in [0.25, 0.3) is 0 Å². The fourth-order valence-electron chi connectivity index (χ4n) is 1.04. The summed E-state index contributed by atoms with van der Waals surface area (Å²) in [5, 5.41) is 0. The van der Waals surface area contributed by atoms with Gasteiger partial charge in [-0.25, -0.2) is 0 Å². The molecule has 0 saturated heterocycles. The minimum absolute atomic E-state index is 0.526. The zero-order valence-electron chi connectivity index (χ0n) is 8.14. The Morgan fingerprint density at radius 1 is 1.07 bits per heavy atom. The summed E-state index contributed by atoms with van der Waals surface area (Å²) in [6.07, 6.45) is 1.64. The molecule has 0 fully saturated rings. The van der Waals surface area contributed by atoms with E-state index >= 15 is 0 Å². The van der Waals surface area contributed by atoms with Gasteiger partial charge in [-0.3, -0.25) is 8.42 Å². The van der Waals surface area contributed by atoms with Crippen molar-refractivity contribution in [2.75, 3.05) is 17.8 Å². The molecule has 0 aliphatic carbocycles. The average molecular weight is 230 g/mol. The third-order valence-electron chi connectivity index (χ3n) is 1.77. The molecule has 0 aliphatic rings. The van der Waals surface area contributed by atoms with Crippen molar-refractivity contribution in [2.45, 2.75) is 5.75 Å². The number of hydrogen-bond acceptors (Lipinski definition) is 2. The monoisotopic (exact) mass is 230 g/mol. The lowest BCUT2D eigenvalue weighted by molar-refractivity contribution is 0.679. The van der Waals surface area contributed by atoms with Gasteiger partial charge >= 0.3 is 0 Å². The van der Waals surface area contributed by atoms with Crippen molar-refractivity contribution in [3.8, 4) is 0 Å². The summed E-state index contributed by atoms with van der Waals surface area (Å²) in [7, 11) is -1.72. The highest BCUT2D eigenvalue weighted by atomic mass is 32.2. The van der Waals surface area contributed by atoms with E-state index in [1.54, 1.807) is 6.26 Å². The molecule has 2 nitrogen and oxygen atoms in total. The summed E-state index contributed by atoms with van der Waals surface area (Å²) in [5.74, 6) is 1.62. The molecule has 1 aromatic rings. The van der Waals surface area contributed by atoms with Crippen molar-refractivity contribution in [2.24, 2.45) is 0 Å². The van der Waals surface area contributed by atoms with Crippen molar-refractivity contribution in [3.63, 3.8) is 0 Å². The molecule has 0 spiro atoms. The Labute approximate surface area is 89.6 Å². The molecule has 0 amide bonds. The Morgan fingerprint density at radius 3 is 2.29 bits per heavy atom. The Kier molecular flexibility index (Phi) is 5.04. The Hall–Kier alpha value is -0.480. The SMILES string of the molecule is CS(=O)CCS(=O)Cc1ccccc1. The largest absolute Gasteiger partial charge is 0.260 e. The highest BCUT2D eigenvalue weighted by Crippen LogP contribution is 2.02. The fourth-order valence-corrected chi connectivity index (χ4v) is 3.43. The van der Waals surface area contributed by atoms with Crippen molar-refractivity contribution in [1.82, 2.24) is 0 Å². The van der Waals surface area contributed by atoms with Gasteiger partial charge in [0.05, 0.1) is 0 Å². The normalized spacial score (nSPS) is 14.9. The quantitative estimate of drug-likeness (QED) is 0.764. The Bertz CT molecular complexity index is 322. The van der Waals surface area contributed by atoms with E-state index in [1.807, 2.05) is 30.3 Å². The van der Waals surface area contributed by atoms with Crippen LogP contribution in [0.3, 0.4) is 0 Å². The lowest BCUT2D eigenvalue weighted by Gasteiger charge is -2.00. The van der Waals surface area contributed by atoms with E-state index in [0.29, 0.717) is 17.3 Å². The van der Waals surface area contributed by atoms with Crippen LogP contribution in [0.5, 0.6) is 0 Å². The van der Waals surface area contributed by atoms with E-state index in [1.165, 1.54) is 0 Å². The molecule has 2 atom stereocenters. The lowest BCUT2D eigenvalue weighted by Crippen LogP contribution is -2.08. The third-order valence-corrected chi connectivity index (χ3v) is 4.12. The van der Waals surface area contributed by atoms with Gasteiger partial charge in [-0.2, -0.15) is 0 Å². The van der Waals surface area contributed by atoms with Gasteiger partial charge in [0, 0.05) is 45.1 Å². The van der Waals surface area contributed by atoms with E-state index in [9.17, 15) is 8.42 Å². The second-order valence-electron chi connectivity index (χ2n) is 3.05. The maximum absolute atomic E-state index is 11.5. The molecule has 14 heavy (non-hydrogen) atoms. The summed E-state index contributed by atoms with van der Waals surface area (Å²) in [4.78, 5) is 0. The molecule has 2 unspecified atom stereocenters. The molecule has 0 radical (unpaired) electrons. The summed E-state index contributed by atoms with van der Waals surface area (Å²) in [6.45, 7) is 0. The zero-order valence-corrected chi connectivity index (χ0v) is 9.77. The first-order valence-corrected chi connectivity index (χ1v) is 7.59. The highest BCUT2D eigenvalue weighted by Gasteiger charge is 2.02. The van der Waals surface area contributed by atoms with Gasteiger partial charge in [0.1, 0.15) is 0 Å². The Morgan fingerprint density at radius 2 is 1.71 bits per heavy atom. The summed E-state index contributed by atoms with van der Waals surface area (Å²) >= 11 is 0. The van der Waals surface area contributed by atoms with Crippen LogP contribution in [-0.2, 0) is 27.4 Å². The van der Waals surface area contributed by atoms with E-state index in [-0.39, 0.29) is 0 Å². The van der Waals surface area contributed by atoms with E-state index in [4.69, 9.17) is 0 Å². The number of hydrogen-bond donors (Lipinski definition) is 0. The average Bonchev–Trinajstić information content (AvgIpc) is 2.16. The molecule has 0 saturated carbocycles. The topological polar surface area (TPSA) is 34.1 Å². The fraction of sp³-hybridized carbons (Fsp3) is 0.400. The second kappa shape index (κ2) is 6.09. The van der Waals surface area contributed by atoms with Crippen LogP contribution in [-0.4, -0.2) is 26.2 Å². The highest BCUT2D eigenvalue weighted by molar-refractivity contribution is 7.88. The second-order valence-corrected chi connectivity index (χ2v) is 6.18. The lowest BCUT2D eigenvalue weighted by atomic mass is 10.2. The van der Waals surface area contributed by atoms with Gasteiger partial charge in [0.2, 0.25) is 0 Å². The molecule has 4 heteroatoms. The van der Waals surface area contributed by atoms with Gasteiger partial charge < -0.3 is 0 Å². The molecule has 0 aliphatic heterocycles. The standard InChI is InChI=1S/C10H14O2S2/c1-13(11)7-8-14(12)9-10-5-3-2-4-6-10/h2-6H,7-9H2,1H3. The van der Waals surface area contributed by atoms with Crippen LogP contribution in [0.1, 0.15) is 5.56 Å². The molecule has 0 N–H and O–H groups in total. The van der Waals surface area contributed by atoms with Crippen molar-refractivity contribution < 1.29 is 8.42 Å². The Balaban J connectivity index is 2.38. The molecule has 1 rings (SSSR count). The van der Waals surface area contributed by atoms with Crippen LogP contribution < -0.4 is 0 Å². The van der Waals surface area contributed by atoms with Gasteiger partial charge in [-0.05, 0) is 5.56 Å². The van der Waals surface area contributed by atoms with Gasteiger partial charge in [-0.1, -0.05) is 30.3 Å². The predicted molar refractivity (Wildman–Crippen MR) is 62.1 cm³/mol. The molecule has 0 aromatic heterocycles. The smallest absolute Gasteiger partial charge is 0.0485 e. The zero-order chi connectivity index (χ0) is 10.4. The van der Waals surface area contributed by atoms with Crippen LogP contribution in [0.2, 0.25) is 0 Å². The van der Waals surface area contributed by atoms with Crippen molar-refractivity contribution in [3.05, 3.63) is 35.9 Å². The molecular weight excluding hydrogens is 216 g/mol. The van der Waals surface area contributed by atoms with E-state index in [0.717, 1.165) is 5.56 Å². The summed E-state index contributed by atoms with van der Waals surface area (Å²) in [6, 6.07) is 9.73. The predicted octanol–water partition coefficient (Wildman–Crippen LogP) is 1.31. The first kappa shape index (κ1) is 11.6. The van der Waals surface area contributed by atoms with Crippen LogP contribution in [0.25, 0.3) is 0 Å². The molecule has 0 heterocycles. The summed E-state index contributed by atoms with van der Waals surface area (Å²) in [5.41, 5.74) is 1.08. The molecule has 78 valence electrons. The van der Waals surface area contributed by atoms with E-state index in [2.05, 4.69) is 0 Å². The first-order valence-electron chi connectivity index (χ1n) is 4.37. The molecule has 1 aromatic carbocycles. The van der Waals surface area contributed by atoms with Gasteiger partial charge in [-0.15, -0.1) is 0 Å². The molecular formula is C10H14O2S2. The number of benzene rings is 1. The minimum atomic E-state index is -0.885. The minimum Gasteiger partial charge on any atom is -0.260 e. The van der Waals surface area contributed by atoms with Crippen molar-refractivity contribution >= 4 is 21.6 Å². The van der Waals surface area contributed by atoms with Gasteiger partial charge in [0.15, 0.2) is 0 Å². The summed E-state index contributed by atoms with van der Waals surface area (Å²) < 4.78 is 22.3.